The Morgan fingerprint density at radius 3 is 3.14 bits per heavy atom. The molecule has 0 saturated carbocycles. The summed E-state index contributed by atoms with van der Waals surface area (Å²) in [6.07, 6.45) is 4.88. The number of amides is 1. The fraction of sp³-hybridized carbons (Fsp3) is 0.400. The Morgan fingerprint density at radius 1 is 1.48 bits per heavy atom. The molecule has 1 N–H and O–H groups in total. The van der Waals surface area contributed by atoms with E-state index in [4.69, 9.17) is 0 Å². The van der Waals surface area contributed by atoms with Crippen LogP contribution in [0.2, 0.25) is 0 Å². The molecule has 0 unspecified atom stereocenters. The fourth-order valence-corrected chi connectivity index (χ4v) is 3.37. The number of nitrogens with zero attached hydrogens (tertiary/aromatic N) is 3. The molecule has 5 nitrogen and oxygen atoms in total. The molecule has 2 aromatic rings. The minimum absolute atomic E-state index is 0.0460. The maximum absolute atomic E-state index is 12.1. The first-order valence-electron chi connectivity index (χ1n) is 7.08. The highest BCUT2D eigenvalue weighted by atomic mass is 32.2. The van der Waals surface area contributed by atoms with Gasteiger partial charge in [-0.1, -0.05) is 36.0 Å². The minimum atomic E-state index is 0.0460. The zero-order chi connectivity index (χ0) is 14.7. The van der Waals surface area contributed by atoms with E-state index < -0.39 is 0 Å². The molecule has 1 heterocycles. The largest absolute Gasteiger partial charge is 0.349 e. The van der Waals surface area contributed by atoms with Crippen LogP contribution in [-0.4, -0.2) is 26.4 Å². The molecular weight excluding hydrogens is 284 g/mol. The molecule has 1 amide bonds. The van der Waals surface area contributed by atoms with Gasteiger partial charge >= 0.3 is 0 Å². The van der Waals surface area contributed by atoms with Gasteiger partial charge in [-0.05, 0) is 30.4 Å². The van der Waals surface area contributed by atoms with E-state index in [0.29, 0.717) is 5.75 Å². The predicted molar refractivity (Wildman–Crippen MR) is 82.0 cm³/mol. The van der Waals surface area contributed by atoms with E-state index >= 15 is 0 Å². The maximum Gasteiger partial charge on any atom is 0.230 e. The predicted octanol–water partition coefficient (Wildman–Crippen LogP) is 2.10. The van der Waals surface area contributed by atoms with Crippen LogP contribution in [-0.2, 0) is 18.3 Å². The number of benzene rings is 1. The molecule has 0 aliphatic heterocycles. The summed E-state index contributed by atoms with van der Waals surface area (Å²) in [5.41, 5.74) is 2.62. The van der Waals surface area contributed by atoms with E-state index in [0.717, 1.165) is 24.4 Å². The van der Waals surface area contributed by atoms with Crippen molar-refractivity contribution in [3.05, 3.63) is 41.7 Å². The first-order valence-corrected chi connectivity index (χ1v) is 8.06. The molecule has 3 rings (SSSR count). The second kappa shape index (κ2) is 6.30. The SMILES string of the molecule is Cn1cnnc1SCC(=O)N[C@H]1CCCc2ccccc21. The lowest BCUT2D eigenvalue weighted by atomic mass is 9.88. The van der Waals surface area contributed by atoms with Crippen LogP contribution >= 0.6 is 11.8 Å². The van der Waals surface area contributed by atoms with Crippen LogP contribution in [0.4, 0.5) is 0 Å². The lowest BCUT2D eigenvalue weighted by Gasteiger charge is -2.26. The van der Waals surface area contributed by atoms with E-state index in [9.17, 15) is 4.79 Å². The Balaban J connectivity index is 1.60. The highest BCUT2D eigenvalue weighted by molar-refractivity contribution is 7.99. The third-order valence-electron chi connectivity index (χ3n) is 3.71. The van der Waals surface area contributed by atoms with Crippen LogP contribution in [0.3, 0.4) is 0 Å². The van der Waals surface area contributed by atoms with E-state index in [-0.39, 0.29) is 11.9 Å². The van der Waals surface area contributed by atoms with Gasteiger partial charge in [0, 0.05) is 7.05 Å². The summed E-state index contributed by atoms with van der Waals surface area (Å²) in [5, 5.41) is 11.7. The van der Waals surface area contributed by atoms with Gasteiger partial charge in [-0.15, -0.1) is 10.2 Å². The van der Waals surface area contributed by atoms with Gasteiger partial charge in [-0.3, -0.25) is 4.79 Å². The topological polar surface area (TPSA) is 59.8 Å². The molecule has 1 aromatic carbocycles. The van der Waals surface area contributed by atoms with Crippen LogP contribution in [0.1, 0.15) is 30.0 Å². The Kier molecular flexibility index (Phi) is 4.24. The molecule has 1 aliphatic rings. The highest BCUT2D eigenvalue weighted by Gasteiger charge is 2.21. The van der Waals surface area contributed by atoms with Gasteiger partial charge in [0.25, 0.3) is 0 Å². The van der Waals surface area contributed by atoms with Crippen molar-refractivity contribution in [3.63, 3.8) is 0 Å². The van der Waals surface area contributed by atoms with Crippen molar-refractivity contribution < 1.29 is 4.79 Å². The first-order chi connectivity index (χ1) is 10.2. The number of nitrogens with one attached hydrogen (secondary N) is 1. The quantitative estimate of drug-likeness (QED) is 0.879. The first kappa shape index (κ1) is 14.1. The van der Waals surface area contributed by atoms with Crippen molar-refractivity contribution in [1.82, 2.24) is 20.1 Å². The average molecular weight is 302 g/mol. The van der Waals surface area contributed by atoms with Crippen molar-refractivity contribution in [1.29, 1.82) is 0 Å². The second-order valence-electron chi connectivity index (χ2n) is 5.22. The lowest BCUT2D eigenvalue weighted by Crippen LogP contribution is -2.32. The Labute approximate surface area is 128 Å². The van der Waals surface area contributed by atoms with E-state index in [1.165, 1.54) is 22.9 Å². The molecule has 6 heteroatoms. The third-order valence-corrected chi connectivity index (χ3v) is 4.74. The minimum Gasteiger partial charge on any atom is -0.349 e. The Hall–Kier alpha value is -1.82. The zero-order valence-electron chi connectivity index (χ0n) is 12.0. The molecule has 1 atom stereocenters. The summed E-state index contributed by atoms with van der Waals surface area (Å²) in [6.45, 7) is 0. The van der Waals surface area contributed by atoms with E-state index in [1.54, 1.807) is 6.33 Å². The summed E-state index contributed by atoms with van der Waals surface area (Å²) in [7, 11) is 1.87. The summed E-state index contributed by atoms with van der Waals surface area (Å²) < 4.78 is 1.81. The number of hydrogen-bond donors (Lipinski definition) is 1. The zero-order valence-corrected chi connectivity index (χ0v) is 12.8. The summed E-state index contributed by atoms with van der Waals surface area (Å²) in [6, 6.07) is 8.52. The van der Waals surface area contributed by atoms with Crippen molar-refractivity contribution in [2.75, 3.05) is 5.75 Å². The summed E-state index contributed by atoms with van der Waals surface area (Å²) in [4.78, 5) is 12.1. The number of hydrogen-bond acceptors (Lipinski definition) is 4. The average Bonchev–Trinajstić information content (AvgIpc) is 2.91. The van der Waals surface area contributed by atoms with Gasteiger partial charge in [-0.2, -0.15) is 0 Å². The van der Waals surface area contributed by atoms with Gasteiger partial charge < -0.3 is 9.88 Å². The highest BCUT2D eigenvalue weighted by Crippen LogP contribution is 2.29. The molecule has 21 heavy (non-hydrogen) atoms. The molecule has 1 aromatic heterocycles. The Bertz CT molecular complexity index is 640. The van der Waals surface area contributed by atoms with Crippen molar-refractivity contribution in [3.8, 4) is 0 Å². The number of thioether (sulfide) groups is 1. The van der Waals surface area contributed by atoms with Crippen LogP contribution in [0.15, 0.2) is 35.7 Å². The number of carbonyl (C=O) groups is 1. The smallest absolute Gasteiger partial charge is 0.230 e. The summed E-state index contributed by atoms with van der Waals surface area (Å²) >= 11 is 1.41. The molecule has 0 fully saturated rings. The lowest BCUT2D eigenvalue weighted by molar-refractivity contribution is -0.119. The normalized spacial score (nSPS) is 17.3. The van der Waals surface area contributed by atoms with Gasteiger partial charge in [0.05, 0.1) is 11.8 Å². The summed E-state index contributed by atoms with van der Waals surface area (Å²) in [5.74, 6) is 0.412. The van der Waals surface area contributed by atoms with Gasteiger partial charge in [0.1, 0.15) is 6.33 Å². The molecule has 0 spiro atoms. The van der Waals surface area contributed by atoms with E-state index in [1.807, 2.05) is 17.7 Å². The van der Waals surface area contributed by atoms with Gasteiger partial charge in [0.2, 0.25) is 5.91 Å². The van der Waals surface area contributed by atoms with Crippen LogP contribution in [0.5, 0.6) is 0 Å². The molecule has 0 bridgehead atoms. The number of aromatic nitrogens is 3. The number of aryl methyl sites for hydroxylation is 2. The van der Waals surface area contributed by atoms with Crippen LogP contribution in [0.25, 0.3) is 0 Å². The molecular formula is C15H18N4OS. The number of fused-ring (bicyclic) bond motifs is 1. The maximum atomic E-state index is 12.1. The van der Waals surface area contributed by atoms with Crippen molar-refractivity contribution in [2.24, 2.45) is 7.05 Å². The second-order valence-corrected chi connectivity index (χ2v) is 6.17. The molecule has 0 radical (unpaired) electrons. The van der Waals surface area contributed by atoms with Crippen molar-refractivity contribution >= 4 is 17.7 Å². The van der Waals surface area contributed by atoms with Crippen LogP contribution < -0.4 is 5.32 Å². The standard InChI is InChI=1S/C15H18N4OS/c1-19-10-16-18-15(19)21-9-14(20)17-13-8-4-6-11-5-2-3-7-12(11)13/h2-3,5,7,10,13H,4,6,8-9H2,1H3,(H,17,20)/t13-/m0/s1. The molecule has 0 saturated heterocycles. The van der Waals surface area contributed by atoms with Crippen molar-refractivity contribution in [2.45, 2.75) is 30.5 Å². The Morgan fingerprint density at radius 2 is 2.33 bits per heavy atom. The van der Waals surface area contributed by atoms with E-state index in [2.05, 4.69) is 33.7 Å². The van der Waals surface area contributed by atoms with Gasteiger partial charge in [-0.25, -0.2) is 0 Å². The molecule has 1 aliphatic carbocycles. The fourth-order valence-electron chi connectivity index (χ4n) is 2.67. The monoisotopic (exact) mass is 302 g/mol. The molecule has 110 valence electrons. The number of carbonyl (C=O) groups excluding carboxylic acids is 1. The van der Waals surface area contributed by atoms with Crippen LogP contribution in [0, 0.1) is 0 Å². The van der Waals surface area contributed by atoms with Gasteiger partial charge in [0.15, 0.2) is 5.16 Å². The third kappa shape index (κ3) is 3.26. The number of rotatable bonds is 4.